The van der Waals surface area contributed by atoms with Gasteiger partial charge in [-0.15, -0.1) is 0 Å². The molecule has 7 nitrogen and oxygen atoms in total. The SMILES string of the molecule is CCNC(=NCc1ccccn1)NCCc1ccc(OCC(=O)NC2CC2)cc1. The van der Waals surface area contributed by atoms with E-state index in [9.17, 15) is 4.79 Å². The first-order valence-electron chi connectivity index (χ1n) is 10.2. The fourth-order valence-electron chi connectivity index (χ4n) is 2.72. The zero-order valence-corrected chi connectivity index (χ0v) is 16.9. The predicted octanol–water partition coefficient (Wildman–Crippen LogP) is 2.04. The predicted molar refractivity (Wildman–Crippen MR) is 114 cm³/mol. The molecule has 1 amide bonds. The zero-order valence-electron chi connectivity index (χ0n) is 16.9. The van der Waals surface area contributed by atoms with E-state index in [0.717, 1.165) is 44.0 Å². The Hall–Kier alpha value is -3.09. The van der Waals surface area contributed by atoms with Crippen molar-refractivity contribution in [1.29, 1.82) is 0 Å². The third-order valence-electron chi connectivity index (χ3n) is 4.41. The minimum absolute atomic E-state index is 0.0540. The number of benzene rings is 1. The quantitative estimate of drug-likeness (QED) is 0.423. The lowest BCUT2D eigenvalue weighted by atomic mass is 10.1. The van der Waals surface area contributed by atoms with Crippen molar-refractivity contribution >= 4 is 11.9 Å². The summed E-state index contributed by atoms with van der Waals surface area (Å²) < 4.78 is 5.54. The number of nitrogens with zero attached hydrogens (tertiary/aromatic N) is 2. The van der Waals surface area contributed by atoms with Crippen molar-refractivity contribution in [3.05, 3.63) is 59.9 Å². The number of rotatable bonds is 10. The standard InChI is InChI=1S/C22H29N5O2/c1-2-23-22(26-15-19-5-3-4-13-24-19)25-14-12-17-6-10-20(11-7-17)29-16-21(28)27-18-8-9-18/h3-7,10-11,13,18H,2,8-9,12,14-16H2,1H3,(H,27,28)(H2,23,25,26). The molecule has 7 heteroatoms. The molecule has 0 unspecified atom stereocenters. The number of carbonyl (C=O) groups excluding carboxylic acids is 1. The van der Waals surface area contributed by atoms with Crippen molar-refractivity contribution in [2.24, 2.45) is 4.99 Å². The van der Waals surface area contributed by atoms with Gasteiger partial charge < -0.3 is 20.7 Å². The average molecular weight is 396 g/mol. The van der Waals surface area contributed by atoms with E-state index in [4.69, 9.17) is 4.74 Å². The van der Waals surface area contributed by atoms with Gasteiger partial charge in [0.2, 0.25) is 0 Å². The van der Waals surface area contributed by atoms with Crippen LogP contribution in [0.3, 0.4) is 0 Å². The number of aromatic nitrogens is 1. The van der Waals surface area contributed by atoms with Crippen LogP contribution in [-0.2, 0) is 17.8 Å². The number of nitrogens with one attached hydrogen (secondary N) is 3. The van der Waals surface area contributed by atoms with Crippen LogP contribution in [0.5, 0.6) is 5.75 Å². The molecule has 0 atom stereocenters. The molecule has 0 spiro atoms. The highest BCUT2D eigenvalue weighted by Crippen LogP contribution is 2.18. The third-order valence-corrected chi connectivity index (χ3v) is 4.41. The Kier molecular flexibility index (Phi) is 7.86. The van der Waals surface area contributed by atoms with Gasteiger partial charge in [0.1, 0.15) is 5.75 Å². The monoisotopic (exact) mass is 395 g/mol. The highest BCUT2D eigenvalue weighted by molar-refractivity contribution is 5.79. The Morgan fingerprint density at radius 1 is 1.17 bits per heavy atom. The average Bonchev–Trinajstić information content (AvgIpc) is 3.56. The molecule has 3 rings (SSSR count). The van der Waals surface area contributed by atoms with Crippen LogP contribution in [-0.4, -0.2) is 42.6 Å². The number of aliphatic imine (C=N–C) groups is 1. The second-order valence-electron chi connectivity index (χ2n) is 6.97. The summed E-state index contributed by atoms with van der Waals surface area (Å²) in [4.78, 5) is 20.5. The molecule has 0 bridgehead atoms. The Morgan fingerprint density at radius 3 is 2.69 bits per heavy atom. The number of hydrogen-bond donors (Lipinski definition) is 3. The van der Waals surface area contributed by atoms with Crippen molar-refractivity contribution < 1.29 is 9.53 Å². The van der Waals surface area contributed by atoms with Gasteiger partial charge in [-0.25, -0.2) is 4.99 Å². The maximum Gasteiger partial charge on any atom is 0.258 e. The van der Waals surface area contributed by atoms with Crippen LogP contribution in [0.2, 0.25) is 0 Å². The summed E-state index contributed by atoms with van der Waals surface area (Å²) in [6, 6.07) is 14.0. The van der Waals surface area contributed by atoms with Gasteiger partial charge in [-0.05, 0) is 56.0 Å². The highest BCUT2D eigenvalue weighted by Gasteiger charge is 2.23. The van der Waals surface area contributed by atoms with Gasteiger partial charge in [0.05, 0.1) is 12.2 Å². The Bertz CT molecular complexity index is 789. The van der Waals surface area contributed by atoms with Gasteiger partial charge in [-0.1, -0.05) is 18.2 Å². The van der Waals surface area contributed by atoms with Crippen molar-refractivity contribution in [2.75, 3.05) is 19.7 Å². The molecule has 3 N–H and O–H groups in total. The van der Waals surface area contributed by atoms with Gasteiger partial charge in [-0.3, -0.25) is 9.78 Å². The van der Waals surface area contributed by atoms with Crippen LogP contribution in [0.1, 0.15) is 31.0 Å². The first kappa shape index (κ1) is 20.6. The third kappa shape index (κ3) is 7.81. The molecule has 0 saturated heterocycles. The lowest BCUT2D eigenvalue weighted by Crippen LogP contribution is -2.38. The molecule has 1 aliphatic rings. The molecule has 2 aromatic rings. The van der Waals surface area contributed by atoms with Crippen molar-refractivity contribution in [3.63, 3.8) is 0 Å². The summed E-state index contributed by atoms with van der Waals surface area (Å²) in [5.74, 6) is 1.43. The molecular weight excluding hydrogens is 366 g/mol. The first-order chi connectivity index (χ1) is 14.2. The van der Waals surface area contributed by atoms with Crippen LogP contribution in [0.15, 0.2) is 53.7 Å². The second kappa shape index (κ2) is 11.0. The Morgan fingerprint density at radius 2 is 2.00 bits per heavy atom. The van der Waals surface area contributed by atoms with Crippen LogP contribution in [0.25, 0.3) is 0 Å². The molecule has 154 valence electrons. The minimum Gasteiger partial charge on any atom is -0.484 e. The van der Waals surface area contributed by atoms with E-state index >= 15 is 0 Å². The molecule has 1 aliphatic carbocycles. The van der Waals surface area contributed by atoms with Crippen LogP contribution >= 0.6 is 0 Å². The van der Waals surface area contributed by atoms with Crippen LogP contribution < -0.4 is 20.7 Å². The van der Waals surface area contributed by atoms with E-state index < -0.39 is 0 Å². The number of ether oxygens (including phenoxy) is 1. The smallest absolute Gasteiger partial charge is 0.258 e. The van der Waals surface area contributed by atoms with Crippen LogP contribution in [0.4, 0.5) is 0 Å². The van der Waals surface area contributed by atoms with E-state index in [1.807, 2.05) is 49.4 Å². The fourth-order valence-corrected chi connectivity index (χ4v) is 2.72. The lowest BCUT2D eigenvalue weighted by Gasteiger charge is -2.11. The Balaban J connectivity index is 1.40. The maximum atomic E-state index is 11.7. The molecule has 29 heavy (non-hydrogen) atoms. The molecule has 1 heterocycles. The highest BCUT2D eigenvalue weighted by atomic mass is 16.5. The van der Waals surface area contributed by atoms with Crippen molar-refractivity contribution in [3.8, 4) is 5.75 Å². The summed E-state index contributed by atoms with van der Waals surface area (Å²) in [6.45, 7) is 4.21. The molecule has 1 fully saturated rings. The van der Waals surface area contributed by atoms with E-state index in [0.29, 0.717) is 18.3 Å². The number of guanidine groups is 1. The fraction of sp³-hybridized carbons (Fsp3) is 0.409. The maximum absolute atomic E-state index is 11.7. The summed E-state index contributed by atoms with van der Waals surface area (Å²) in [5, 5.41) is 9.50. The Labute approximate surface area is 172 Å². The second-order valence-corrected chi connectivity index (χ2v) is 6.97. The van der Waals surface area contributed by atoms with Gasteiger partial charge in [-0.2, -0.15) is 0 Å². The summed E-state index contributed by atoms with van der Waals surface area (Å²) in [6.07, 6.45) is 4.80. The number of amides is 1. The van der Waals surface area contributed by atoms with Gasteiger partial charge in [0.15, 0.2) is 12.6 Å². The molecule has 0 radical (unpaired) electrons. The van der Waals surface area contributed by atoms with Crippen molar-refractivity contribution in [1.82, 2.24) is 20.9 Å². The summed E-state index contributed by atoms with van der Waals surface area (Å²) >= 11 is 0. The summed E-state index contributed by atoms with van der Waals surface area (Å²) in [7, 11) is 0. The van der Waals surface area contributed by atoms with Gasteiger partial charge in [0, 0.05) is 25.3 Å². The summed E-state index contributed by atoms with van der Waals surface area (Å²) in [5.41, 5.74) is 2.12. The molecule has 1 saturated carbocycles. The van der Waals surface area contributed by atoms with Gasteiger partial charge in [0.25, 0.3) is 5.91 Å². The lowest BCUT2D eigenvalue weighted by molar-refractivity contribution is -0.123. The van der Waals surface area contributed by atoms with Crippen LogP contribution in [0, 0.1) is 0 Å². The molecule has 0 aliphatic heterocycles. The molecular formula is C22H29N5O2. The van der Waals surface area contributed by atoms with E-state index in [1.165, 1.54) is 5.56 Å². The largest absolute Gasteiger partial charge is 0.484 e. The minimum atomic E-state index is -0.0540. The first-order valence-corrected chi connectivity index (χ1v) is 10.2. The van der Waals surface area contributed by atoms with Gasteiger partial charge >= 0.3 is 0 Å². The number of carbonyl (C=O) groups is 1. The topological polar surface area (TPSA) is 87.6 Å². The normalized spacial score (nSPS) is 13.6. The van der Waals surface area contributed by atoms with E-state index in [1.54, 1.807) is 6.20 Å². The molecule has 1 aromatic carbocycles. The van der Waals surface area contributed by atoms with E-state index in [2.05, 4.69) is 25.9 Å². The number of pyridine rings is 1. The zero-order chi connectivity index (χ0) is 20.3. The molecule has 1 aromatic heterocycles. The van der Waals surface area contributed by atoms with E-state index in [-0.39, 0.29) is 12.5 Å². The van der Waals surface area contributed by atoms with Crippen molar-refractivity contribution in [2.45, 2.75) is 38.8 Å². The number of hydrogen-bond acceptors (Lipinski definition) is 4.